The van der Waals surface area contributed by atoms with E-state index in [-0.39, 0.29) is 11.9 Å². The molecule has 0 fully saturated rings. The molecule has 3 nitrogen and oxygen atoms in total. The van der Waals surface area contributed by atoms with Gasteiger partial charge in [-0.3, -0.25) is 0 Å². The van der Waals surface area contributed by atoms with Gasteiger partial charge in [-0.2, -0.15) is 0 Å². The maximum atomic E-state index is 14.0. The number of rotatable bonds is 8. The Hall–Kier alpha value is -1.13. The van der Waals surface area contributed by atoms with Crippen LogP contribution in [0.4, 0.5) is 4.39 Å². The second-order valence-electron chi connectivity index (χ2n) is 4.18. The summed E-state index contributed by atoms with van der Waals surface area (Å²) in [5.74, 6) is 0.302. The molecular weight excluding hydrogens is 233 g/mol. The van der Waals surface area contributed by atoms with Crippen LogP contribution in [0.25, 0.3) is 0 Å². The minimum absolute atomic E-state index is 0.0178. The van der Waals surface area contributed by atoms with Crippen molar-refractivity contribution in [2.75, 3.05) is 27.4 Å². The van der Waals surface area contributed by atoms with Crippen molar-refractivity contribution in [1.82, 2.24) is 5.32 Å². The van der Waals surface area contributed by atoms with Gasteiger partial charge >= 0.3 is 0 Å². The summed E-state index contributed by atoms with van der Waals surface area (Å²) in [5.41, 5.74) is 0.668. The Morgan fingerprint density at radius 1 is 1.33 bits per heavy atom. The second-order valence-corrected chi connectivity index (χ2v) is 4.18. The van der Waals surface area contributed by atoms with Crippen LogP contribution < -0.4 is 10.1 Å². The van der Waals surface area contributed by atoms with E-state index in [2.05, 4.69) is 12.2 Å². The van der Waals surface area contributed by atoms with Crippen molar-refractivity contribution >= 4 is 0 Å². The van der Waals surface area contributed by atoms with E-state index in [0.717, 1.165) is 19.4 Å². The third-order valence-electron chi connectivity index (χ3n) is 2.83. The van der Waals surface area contributed by atoms with Crippen LogP contribution in [0, 0.1) is 5.82 Å². The molecule has 1 aromatic rings. The van der Waals surface area contributed by atoms with Crippen LogP contribution in [0.2, 0.25) is 0 Å². The van der Waals surface area contributed by atoms with Crippen LogP contribution in [0.1, 0.15) is 31.4 Å². The number of methoxy groups -OCH3 is 2. The van der Waals surface area contributed by atoms with Gasteiger partial charge in [0.25, 0.3) is 0 Å². The standard InChI is InChI=1S/C14H22FNO2/c1-4-8-16-14(7-9-17-2)12-6-5-11(18-3)10-13(12)15/h5-6,10,14,16H,4,7-9H2,1-3H3. The van der Waals surface area contributed by atoms with E-state index < -0.39 is 0 Å². The molecule has 0 aromatic heterocycles. The minimum Gasteiger partial charge on any atom is -0.497 e. The maximum absolute atomic E-state index is 14.0. The summed E-state index contributed by atoms with van der Waals surface area (Å²) in [6.45, 7) is 3.55. The molecule has 0 saturated carbocycles. The average molecular weight is 255 g/mol. The highest BCUT2D eigenvalue weighted by atomic mass is 19.1. The number of hydrogen-bond acceptors (Lipinski definition) is 3. The number of hydrogen-bond donors (Lipinski definition) is 1. The molecule has 0 heterocycles. The molecule has 1 unspecified atom stereocenters. The van der Waals surface area contributed by atoms with Crippen LogP contribution in [0.3, 0.4) is 0 Å². The zero-order valence-electron chi connectivity index (χ0n) is 11.3. The molecule has 1 rings (SSSR count). The first-order chi connectivity index (χ1) is 8.72. The van der Waals surface area contributed by atoms with E-state index in [1.165, 1.54) is 13.2 Å². The van der Waals surface area contributed by atoms with E-state index in [1.807, 2.05) is 0 Å². The van der Waals surface area contributed by atoms with E-state index in [1.54, 1.807) is 19.2 Å². The van der Waals surface area contributed by atoms with E-state index >= 15 is 0 Å². The number of ether oxygens (including phenoxy) is 2. The van der Waals surface area contributed by atoms with E-state index in [4.69, 9.17) is 9.47 Å². The van der Waals surface area contributed by atoms with Crippen LogP contribution in [0.5, 0.6) is 5.75 Å². The summed E-state index contributed by atoms with van der Waals surface area (Å²) in [5, 5.41) is 3.34. The predicted molar refractivity (Wildman–Crippen MR) is 70.5 cm³/mol. The molecule has 1 N–H and O–H groups in total. The lowest BCUT2D eigenvalue weighted by Gasteiger charge is -2.19. The Morgan fingerprint density at radius 3 is 2.67 bits per heavy atom. The molecule has 0 bridgehead atoms. The summed E-state index contributed by atoms with van der Waals surface area (Å²) >= 11 is 0. The largest absolute Gasteiger partial charge is 0.497 e. The third kappa shape index (κ3) is 4.27. The van der Waals surface area contributed by atoms with Crippen molar-refractivity contribution in [2.24, 2.45) is 0 Å². The van der Waals surface area contributed by atoms with Gasteiger partial charge in [-0.15, -0.1) is 0 Å². The molecule has 18 heavy (non-hydrogen) atoms. The predicted octanol–water partition coefficient (Wildman–Crippen LogP) is 2.91. The Morgan fingerprint density at radius 2 is 2.11 bits per heavy atom. The van der Waals surface area contributed by atoms with Crippen LogP contribution in [-0.2, 0) is 4.74 Å². The second kappa shape index (κ2) is 8.06. The fraction of sp³-hybridized carbons (Fsp3) is 0.571. The van der Waals surface area contributed by atoms with Gasteiger partial charge in [-0.1, -0.05) is 13.0 Å². The molecule has 0 aliphatic rings. The molecular formula is C14H22FNO2. The Balaban J connectivity index is 2.82. The summed E-state index contributed by atoms with van der Waals surface area (Å²) in [7, 11) is 3.19. The molecule has 0 radical (unpaired) electrons. The van der Waals surface area contributed by atoms with Crippen molar-refractivity contribution in [3.05, 3.63) is 29.6 Å². The van der Waals surface area contributed by atoms with Crippen LogP contribution in [-0.4, -0.2) is 27.4 Å². The lowest BCUT2D eigenvalue weighted by molar-refractivity contribution is 0.182. The fourth-order valence-electron chi connectivity index (χ4n) is 1.84. The van der Waals surface area contributed by atoms with Gasteiger partial charge in [-0.25, -0.2) is 4.39 Å². The zero-order valence-corrected chi connectivity index (χ0v) is 11.3. The van der Waals surface area contributed by atoms with Crippen molar-refractivity contribution in [2.45, 2.75) is 25.8 Å². The number of benzene rings is 1. The normalized spacial score (nSPS) is 12.4. The monoisotopic (exact) mass is 255 g/mol. The van der Waals surface area contributed by atoms with Gasteiger partial charge in [0.2, 0.25) is 0 Å². The quantitative estimate of drug-likeness (QED) is 0.774. The molecule has 1 atom stereocenters. The van der Waals surface area contributed by atoms with Gasteiger partial charge in [0.05, 0.1) is 7.11 Å². The number of nitrogens with one attached hydrogen (secondary N) is 1. The molecule has 0 aliphatic heterocycles. The van der Waals surface area contributed by atoms with Crippen molar-refractivity contribution in [3.8, 4) is 5.75 Å². The fourth-order valence-corrected chi connectivity index (χ4v) is 1.84. The smallest absolute Gasteiger partial charge is 0.131 e. The zero-order chi connectivity index (χ0) is 13.4. The van der Waals surface area contributed by atoms with Crippen LogP contribution >= 0.6 is 0 Å². The summed E-state index contributed by atoms with van der Waals surface area (Å²) in [6.07, 6.45) is 1.76. The van der Waals surface area contributed by atoms with Gasteiger partial charge in [0.15, 0.2) is 0 Å². The molecule has 1 aromatic carbocycles. The lowest BCUT2D eigenvalue weighted by Crippen LogP contribution is -2.24. The third-order valence-corrected chi connectivity index (χ3v) is 2.83. The molecule has 0 spiro atoms. The van der Waals surface area contributed by atoms with Crippen molar-refractivity contribution in [1.29, 1.82) is 0 Å². The molecule has 0 amide bonds. The Bertz CT molecular complexity index is 350. The molecule has 4 heteroatoms. The Labute approximate surface area is 108 Å². The van der Waals surface area contributed by atoms with E-state index in [9.17, 15) is 4.39 Å². The van der Waals surface area contributed by atoms with Crippen molar-refractivity contribution < 1.29 is 13.9 Å². The van der Waals surface area contributed by atoms with E-state index in [0.29, 0.717) is 17.9 Å². The van der Waals surface area contributed by atoms with Crippen LogP contribution in [0.15, 0.2) is 18.2 Å². The minimum atomic E-state index is -0.237. The topological polar surface area (TPSA) is 30.5 Å². The first-order valence-corrected chi connectivity index (χ1v) is 6.28. The highest BCUT2D eigenvalue weighted by Crippen LogP contribution is 2.24. The molecule has 0 saturated heterocycles. The summed E-state index contributed by atoms with van der Waals surface area (Å²) < 4.78 is 24.1. The van der Waals surface area contributed by atoms with Gasteiger partial charge in [0.1, 0.15) is 11.6 Å². The van der Waals surface area contributed by atoms with Gasteiger partial charge in [-0.05, 0) is 25.5 Å². The Kier molecular flexibility index (Phi) is 6.68. The molecule has 0 aliphatic carbocycles. The number of halogens is 1. The van der Waals surface area contributed by atoms with Crippen molar-refractivity contribution in [3.63, 3.8) is 0 Å². The first-order valence-electron chi connectivity index (χ1n) is 6.28. The maximum Gasteiger partial charge on any atom is 0.131 e. The van der Waals surface area contributed by atoms with Gasteiger partial charge in [0, 0.05) is 31.4 Å². The van der Waals surface area contributed by atoms with Gasteiger partial charge < -0.3 is 14.8 Å². The highest BCUT2D eigenvalue weighted by Gasteiger charge is 2.15. The summed E-state index contributed by atoms with van der Waals surface area (Å²) in [4.78, 5) is 0. The summed E-state index contributed by atoms with van der Waals surface area (Å²) in [6, 6.07) is 4.96. The average Bonchev–Trinajstić information content (AvgIpc) is 2.39. The first kappa shape index (κ1) is 14.9. The SMILES string of the molecule is CCCNC(CCOC)c1ccc(OC)cc1F. The molecule has 102 valence electrons. The lowest BCUT2D eigenvalue weighted by atomic mass is 10.0. The highest BCUT2D eigenvalue weighted by molar-refractivity contribution is 5.30.